The maximum atomic E-state index is 12.7. The Labute approximate surface area is 200 Å². The van der Waals surface area contributed by atoms with Crippen molar-refractivity contribution in [2.45, 2.75) is 13.0 Å². The monoisotopic (exact) mass is 515 g/mol. The van der Waals surface area contributed by atoms with E-state index in [1.807, 2.05) is 48.6 Å². The van der Waals surface area contributed by atoms with Gasteiger partial charge < -0.3 is 9.47 Å². The minimum Gasteiger partial charge on any atom is -0.493 e. The molecule has 0 saturated carbocycles. The largest absolute Gasteiger partial charge is 0.493 e. The predicted molar refractivity (Wildman–Crippen MR) is 135 cm³/mol. The van der Waals surface area contributed by atoms with E-state index in [4.69, 9.17) is 21.7 Å². The summed E-state index contributed by atoms with van der Waals surface area (Å²) in [4.78, 5) is 14.8. The second-order valence-corrected chi connectivity index (χ2v) is 9.29. The zero-order valence-electron chi connectivity index (χ0n) is 17.1. The van der Waals surface area contributed by atoms with Gasteiger partial charge in [-0.25, -0.2) is 0 Å². The highest BCUT2D eigenvalue weighted by molar-refractivity contribution is 9.10. The molecule has 160 valence electrons. The Hall–Kier alpha value is -2.35. The minimum atomic E-state index is -0.116. The summed E-state index contributed by atoms with van der Waals surface area (Å²) in [5, 5.41) is 0. The Morgan fingerprint density at radius 2 is 1.94 bits per heavy atom. The van der Waals surface area contributed by atoms with Crippen molar-refractivity contribution in [3.63, 3.8) is 0 Å². The number of hydrogen-bond acceptors (Lipinski definition) is 5. The van der Waals surface area contributed by atoms with E-state index in [-0.39, 0.29) is 5.91 Å². The molecule has 4 nitrogen and oxygen atoms in total. The maximum Gasteiger partial charge on any atom is 0.266 e. The summed E-state index contributed by atoms with van der Waals surface area (Å²) in [5.74, 6) is 1.15. The zero-order chi connectivity index (χ0) is 22.4. The van der Waals surface area contributed by atoms with Gasteiger partial charge >= 0.3 is 0 Å². The maximum absolute atomic E-state index is 12.7. The second kappa shape index (κ2) is 10.8. The number of carbonyl (C=O) groups excluding carboxylic acids is 1. The number of benzene rings is 2. The first-order valence-corrected chi connectivity index (χ1v) is 11.5. The fraction of sp³-hybridized carbons (Fsp3) is 0.167. The van der Waals surface area contributed by atoms with Crippen LogP contribution in [-0.4, -0.2) is 28.8 Å². The SMILES string of the molecule is C=CCc1cc(/C=C2/SC(=S)N(CC=C)C2=O)cc(OC)c1OCc1ccc(Br)cc1. The Morgan fingerprint density at radius 1 is 1.19 bits per heavy atom. The molecule has 2 aromatic rings. The van der Waals surface area contributed by atoms with Crippen LogP contribution in [0.5, 0.6) is 11.5 Å². The van der Waals surface area contributed by atoms with Crippen molar-refractivity contribution in [2.75, 3.05) is 13.7 Å². The molecule has 0 atom stereocenters. The van der Waals surface area contributed by atoms with Crippen LogP contribution in [0, 0.1) is 0 Å². The van der Waals surface area contributed by atoms with E-state index in [0.29, 0.717) is 40.3 Å². The summed E-state index contributed by atoms with van der Waals surface area (Å²) in [6.07, 6.45) is 5.91. The molecular weight excluding hydrogens is 494 g/mol. The summed E-state index contributed by atoms with van der Waals surface area (Å²) in [6, 6.07) is 11.8. The van der Waals surface area contributed by atoms with Gasteiger partial charge in [-0.3, -0.25) is 9.69 Å². The third-order valence-corrected chi connectivity index (χ3v) is 6.42. The number of ether oxygens (including phenoxy) is 2. The van der Waals surface area contributed by atoms with E-state index in [1.54, 1.807) is 13.2 Å². The molecule has 1 heterocycles. The number of hydrogen-bond donors (Lipinski definition) is 0. The van der Waals surface area contributed by atoms with E-state index in [1.165, 1.54) is 16.7 Å². The summed E-state index contributed by atoms with van der Waals surface area (Å²) >= 11 is 10.0. The average molecular weight is 516 g/mol. The molecule has 1 saturated heterocycles. The molecule has 0 N–H and O–H groups in total. The number of rotatable bonds is 9. The van der Waals surface area contributed by atoms with Gasteiger partial charge in [0.1, 0.15) is 10.9 Å². The standard InChI is InChI=1S/C24H22BrNO3S2/c1-4-6-18-12-17(14-21-23(27)26(11-5-2)24(30)31-21)13-20(28-3)22(18)29-15-16-7-9-19(25)10-8-16/h4-5,7-10,12-14H,1-2,6,11,15H2,3H3/b21-14+. The van der Waals surface area contributed by atoms with Crippen LogP contribution in [0.1, 0.15) is 16.7 Å². The van der Waals surface area contributed by atoms with E-state index in [9.17, 15) is 4.79 Å². The molecule has 2 aromatic carbocycles. The third kappa shape index (κ3) is 5.67. The molecule has 7 heteroatoms. The van der Waals surface area contributed by atoms with Crippen LogP contribution in [0.15, 0.2) is 71.1 Å². The van der Waals surface area contributed by atoms with Crippen LogP contribution < -0.4 is 9.47 Å². The van der Waals surface area contributed by atoms with Gasteiger partial charge in [-0.2, -0.15) is 0 Å². The van der Waals surface area contributed by atoms with Gasteiger partial charge in [0.05, 0.1) is 12.0 Å². The first-order chi connectivity index (χ1) is 15.0. The number of thioether (sulfide) groups is 1. The van der Waals surface area contributed by atoms with Crippen LogP contribution in [0.25, 0.3) is 6.08 Å². The number of amides is 1. The second-order valence-electron chi connectivity index (χ2n) is 6.70. The van der Waals surface area contributed by atoms with Crippen molar-refractivity contribution < 1.29 is 14.3 Å². The fourth-order valence-electron chi connectivity index (χ4n) is 3.06. The summed E-state index contributed by atoms with van der Waals surface area (Å²) in [7, 11) is 1.60. The van der Waals surface area contributed by atoms with Crippen molar-refractivity contribution >= 4 is 56.2 Å². The van der Waals surface area contributed by atoms with Gasteiger partial charge in [-0.05, 0) is 47.9 Å². The molecule has 0 radical (unpaired) electrons. The Balaban J connectivity index is 1.91. The van der Waals surface area contributed by atoms with Crippen LogP contribution in [0.2, 0.25) is 0 Å². The van der Waals surface area contributed by atoms with Crippen molar-refractivity contribution in [1.29, 1.82) is 0 Å². The number of carbonyl (C=O) groups is 1. The molecule has 0 spiro atoms. The molecule has 31 heavy (non-hydrogen) atoms. The van der Waals surface area contributed by atoms with E-state index < -0.39 is 0 Å². The number of nitrogens with zero attached hydrogens (tertiary/aromatic N) is 1. The quantitative estimate of drug-likeness (QED) is 0.227. The van der Waals surface area contributed by atoms with Gasteiger partial charge in [0.2, 0.25) is 0 Å². The summed E-state index contributed by atoms with van der Waals surface area (Å²) in [6.45, 7) is 8.35. The fourth-order valence-corrected chi connectivity index (χ4v) is 4.60. The van der Waals surface area contributed by atoms with Crippen molar-refractivity contribution in [1.82, 2.24) is 4.90 Å². The number of thiocarbonyl (C=S) groups is 1. The molecular formula is C24H22BrNO3S2. The van der Waals surface area contributed by atoms with Crippen LogP contribution in [-0.2, 0) is 17.8 Å². The van der Waals surface area contributed by atoms with Gasteiger partial charge in [0, 0.05) is 16.6 Å². The average Bonchev–Trinajstić information content (AvgIpc) is 3.01. The molecule has 1 fully saturated rings. The van der Waals surface area contributed by atoms with E-state index in [0.717, 1.165) is 21.2 Å². The summed E-state index contributed by atoms with van der Waals surface area (Å²) < 4.78 is 13.3. The van der Waals surface area contributed by atoms with E-state index >= 15 is 0 Å². The predicted octanol–water partition coefficient (Wildman–Crippen LogP) is 6.15. The normalized spacial score (nSPS) is 14.8. The van der Waals surface area contributed by atoms with Crippen LogP contribution in [0.4, 0.5) is 0 Å². The Kier molecular flexibility index (Phi) is 8.12. The highest BCUT2D eigenvalue weighted by atomic mass is 79.9. The molecule has 1 amide bonds. The number of allylic oxidation sites excluding steroid dienone is 1. The molecule has 0 unspecified atom stereocenters. The number of halogens is 1. The molecule has 1 aliphatic rings. The van der Waals surface area contributed by atoms with E-state index in [2.05, 4.69) is 29.1 Å². The summed E-state index contributed by atoms with van der Waals surface area (Å²) in [5.41, 5.74) is 2.81. The van der Waals surface area contributed by atoms with Crippen molar-refractivity contribution in [3.8, 4) is 11.5 Å². The Morgan fingerprint density at radius 3 is 2.58 bits per heavy atom. The number of methoxy groups -OCH3 is 1. The van der Waals surface area contributed by atoms with Crippen molar-refractivity contribution in [2.24, 2.45) is 0 Å². The lowest BCUT2D eigenvalue weighted by Gasteiger charge is -2.16. The molecule has 0 aromatic heterocycles. The highest BCUT2D eigenvalue weighted by Crippen LogP contribution is 2.37. The molecule has 3 rings (SSSR count). The lowest BCUT2D eigenvalue weighted by molar-refractivity contribution is -0.121. The lowest BCUT2D eigenvalue weighted by atomic mass is 10.0. The van der Waals surface area contributed by atoms with Gasteiger partial charge in [-0.1, -0.05) is 64.2 Å². The first-order valence-electron chi connectivity index (χ1n) is 9.52. The molecule has 1 aliphatic heterocycles. The first kappa shape index (κ1) is 23.3. The third-order valence-electron chi connectivity index (χ3n) is 4.52. The molecule has 0 aliphatic carbocycles. The lowest BCUT2D eigenvalue weighted by Crippen LogP contribution is -2.27. The van der Waals surface area contributed by atoms with Crippen LogP contribution in [0.3, 0.4) is 0 Å². The Bertz CT molecular complexity index is 1050. The van der Waals surface area contributed by atoms with Gasteiger partial charge in [-0.15, -0.1) is 13.2 Å². The minimum absolute atomic E-state index is 0.116. The topological polar surface area (TPSA) is 38.8 Å². The van der Waals surface area contributed by atoms with Crippen LogP contribution >= 0.6 is 39.9 Å². The van der Waals surface area contributed by atoms with Crippen molar-refractivity contribution in [3.05, 3.63) is 87.8 Å². The smallest absolute Gasteiger partial charge is 0.266 e. The van der Waals surface area contributed by atoms with Gasteiger partial charge in [0.15, 0.2) is 11.5 Å². The molecule has 0 bridgehead atoms. The highest BCUT2D eigenvalue weighted by Gasteiger charge is 2.31. The van der Waals surface area contributed by atoms with Gasteiger partial charge in [0.25, 0.3) is 5.91 Å². The zero-order valence-corrected chi connectivity index (χ0v) is 20.3.